The summed E-state index contributed by atoms with van der Waals surface area (Å²) in [6.07, 6.45) is 1.55. The van der Waals surface area contributed by atoms with Gasteiger partial charge in [0.25, 0.3) is 0 Å². The van der Waals surface area contributed by atoms with E-state index in [4.69, 9.17) is 0 Å². The summed E-state index contributed by atoms with van der Waals surface area (Å²) in [5, 5.41) is 13.4. The van der Waals surface area contributed by atoms with E-state index in [9.17, 15) is 0 Å². The highest BCUT2D eigenvalue weighted by molar-refractivity contribution is 4.41. The van der Waals surface area contributed by atoms with Crippen molar-refractivity contribution in [2.75, 3.05) is 7.05 Å². The van der Waals surface area contributed by atoms with E-state index in [1.807, 2.05) is 7.05 Å². The Morgan fingerprint density at radius 1 is 1.75 bits per heavy atom. The Morgan fingerprint density at radius 2 is 2.62 bits per heavy atom. The van der Waals surface area contributed by atoms with Crippen LogP contribution in [-0.2, 0) is 6.67 Å². The van der Waals surface area contributed by atoms with Crippen molar-refractivity contribution < 1.29 is 0 Å². The fourth-order valence-corrected chi connectivity index (χ4v) is 0.415. The number of aromatic nitrogens is 4. The van der Waals surface area contributed by atoms with Crippen molar-refractivity contribution in [1.29, 1.82) is 0 Å². The molecule has 0 saturated carbocycles. The second-order valence-electron chi connectivity index (χ2n) is 1.36. The lowest BCUT2D eigenvalue weighted by atomic mass is 11.0. The van der Waals surface area contributed by atoms with Crippen LogP contribution in [0.2, 0.25) is 0 Å². The number of rotatable bonds is 2. The van der Waals surface area contributed by atoms with E-state index >= 15 is 0 Å². The molecule has 0 saturated heterocycles. The second kappa shape index (κ2) is 2.37. The molecule has 8 heavy (non-hydrogen) atoms. The molecule has 0 aliphatic rings. The van der Waals surface area contributed by atoms with Crippen molar-refractivity contribution in [2.45, 2.75) is 6.67 Å². The zero-order valence-electron chi connectivity index (χ0n) is 4.57. The Hall–Kier alpha value is -0.970. The minimum Gasteiger partial charge on any atom is -0.301 e. The molecule has 0 fully saturated rings. The highest BCUT2D eigenvalue weighted by Gasteiger charge is 1.83. The quantitative estimate of drug-likeness (QED) is 0.526. The van der Waals surface area contributed by atoms with Crippen molar-refractivity contribution in [3.8, 4) is 0 Å². The molecule has 0 unspecified atom stereocenters. The summed E-state index contributed by atoms with van der Waals surface area (Å²) in [5.74, 6) is 0. The lowest BCUT2D eigenvalue weighted by Gasteiger charge is -1.91. The Kier molecular flexibility index (Phi) is 1.53. The van der Waals surface area contributed by atoms with Gasteiger partial charge in [0, 0.05) is 0 Å². The van der Waals surface area contributed by atoms with E-state index in [1.54, 1.807) is 11.0 Å². The third kappa shape index (κ3) is 1.00. The molecule has 1 heterocycles. The molecule has 5 nitrogen and oxygen atoms in total. The summed E-state index contributed by atoms with van der Waals surface area (Å²) in [7, 11) is 1.84. The van der Waals surface area contributed by atoms with E-state index in [0.717, 1.165) is 0 Å². The summed E-state index contributed by atoms with van der Waals surface area (Å²) in [6.45, 7) is 0.660. The molecule has 44 valence electrons. The molecule has 1 aromatic rings. The molecule has 0 aliphatic carbocycles. The molecule has 1 aromatic heterocycles. The van der Waals surface area contributed by atoms with Gasteiger partial charge in [-0.2, -0.15) is 0 Å². The van der Waals surface area contributed by atoms with Gasteiger partial charge in [-0.1, -0.05) is 0 Å². The molecule has 0 amide bonds. The molecule has 1 rings (SSSR count). The minimum absolute atomic E-state index is 0.660. The van der Waals surface area contributed by atoms with Crippen molar-refractivity contribution in [1.82, 2.24) is 25.5 Å². The third-order valence-electron chi connectivity index (χ3n) is 0.712. The standard InChI is InChI=1S/C3H7N5/c1-4-2-8-3-5-6-7-8/h3-4H,2H2,1H3. The third-order valence-corrected chi connectivity index (χ3v) is 0.712. The Morgan fingerprint density at radius 3 is 3.12 bits per heavy atom. The topological polar surface area (TPSA) is 55.6 Å². The Balaban J connectivity index is 2.50. The van der Waals surface area contributed by atoms with Crippen LogP contribution in [0.15, 0.2) is 6.33 Å². The predicted octanol–water partition coefficient (Wildman–Crippen LogP) is -1.15. The van der Waals surface area contributed by atoms with Crippen LogP contribution in [0.1, 0.15) is 0 Å². The average Bonchev–Trinajstić information content (AvgIpc) is 2.19. The number of hydrogen-bond donors (Lipinski definition) is 1. The van der Waals surface area contributed by atoms with Gasteiger partial charge in [0.05, 0.1) is 6.67 Å². The van der Waals surface area contributed by atoms with E-state index in [2.05, 4.69) is 20.8 Å². The van der Waals surface area contributed by atoms with Gasteiger partial charge in [-0.25, -0.2) is 4.68 Å². The smallest absolute Gasteiger partial charge is 0.139 e. The van der Waals surface area contributed by atoms with E-state index < -0.39 is 0 Å². The van der Waals surface area contributed by atoms with Crippen LogP contribution in [0.25, 0.3) is 0 Å². The highest BCUT2D eigenvalue weighted by atomic mass is 15.5. The van der Waals surface area contributed by atoms with E-state index in [-0.39, 0.29) is 0 Å². The summed E-state index contributed by atoms with van der Waals surface area (Å²) in [4.78, 5) is 0. The number of hydrogen-bond acceptors (Lipinski definition) is 4. The second-order valence-corrected chi connectivity index (χ2v) is 1.36. The fourth-order valence-electron chi connectivity index (χ4n) is 0.415. The lowest BCUT2D eigenvalue weighted by Crippen LogP contribution is -2.13. The fraction of sp³-hybridized carbons (Fsp3) is 0.667. The van der Waals surface area contributed by atoms with Crippen molar-refractivity contribution in [2.24, 2.45) is 0 Å². The number of nitrogens with zero attached hydrogens (tertiary/aromatic N) is 4. The number of tetrazole rings is 1. The summed E-state index contributed by atoms with van der Waals surface area (Å²) >= 11 is 0. The van der Waals surface area contributed by atoms with Crippen LogP contribution in [-0.4, -0.2) is 27.3 Å². The zero-order chi connectivity index (χ0) is 5.82. The van der Waals surface area contributed by atoms with Gasteiger partial charge in [-0.05, 0) is 17.5 Å². The SMILES string of the molecule is CNCn1cnnn1. The maximum Gasteiger partial charge on any atom is 0.139 e. The largest absolute Gasteiger partial charge is 0.301 e. The van der Waals surface area contributed by atoms with Crippen LogP contribution in [0, 0.1) is 0 Å². The first kappa shape index (κ1) is 5.17. The van der Waals surface area contributed by atoms with Crippen LogP contribution in [0.3, 0.4) is 0 Å². The van der Waals surface area contributed by atoms with Gasteiger partial charge in [0.2, 0.25) is 0 Å². The molecule has 0 radical (unpaired) electrons. The average molecular weight is 113 g/mol. The van der Waals surface area contributed by atoms with E-state index in [1.165, 1.54) is 0 Å². The van der Waals surface area contributed by atoms with Crippen molar-refractivity contribution >= 4 is 0 Å². The van der Waals surface area contributed by atoms with Crippen LogP contribution in [0.4, 0.5) is 0 Å². The molecule has 0 spiro atoms. The van der Waals surface area contributed by atoms with Gasteiger partial charge in [0.1, 0.15) is 6.33 Å². The maximum atomic E-state index is 3.60. The molecular formula is C3H7N5. The molecule has 1 N–H and O–H groups in total. The molecule has 0 atom stereocenters. The monoisotopic (exact) mass is 113 g/mol. The van der Waals surface area contributed by atoms with E-state index in [0.29, 0.717) is 6.67 Å². The maximum absolute atomic E-state index is 3.60. The molecular weight excluding hydrogens is 106 g/mol. The predicted molar refractivity (Wildman–Crippen MR) is 26.9 cm³/mol. The summed E-state index contributed by atoms with van der Waals surface area (Å²) in [5.41, 5.74) is 0. The van der Waals surface area contributed by atoms with Gasteiger partial charge < -0.3 is 5.32 Å². The summed E-state index contributed by atoms with van der Waals surface area (Å²) < 4.78 is 1.60. The first-order valence-corrected chi connectivity index (χ1v) is 2.29. The zero-order valence-corrected chi connectivity index (χ0v) is 4.57. The Bertz CT molecular complexity index is 133. The lowest BCUT2D eigenvalue weighted by molar-refractivity contribution is 0.537. The van der Waals surface area contributed by atoms with Gasteiger partial charge in [-0.15, -0.1) is 5.10 Å². The van der Waals surface area contributed by atoms with Gasteiger partial charge in [-0.3, -0.25) is 0 Å². The Labute approximate surface area is 46.7 Å². The highest BCUT2D eigenvalue weighted by Crippen LogP contribution is 1.68. The molecule has 0 aromatic carbocycles. The van der Waals surface area contributed by atoms with Crippen LogP contribution < -0.4 is 5.32 Å². The first-order chi connectivity index (χ1) is 3.93. The van der Waals surface area contributed by atoms with Crippen LogP contribution >= 0.6 is 0 Å². The van der Waals surface area contributed by atoms with Gasteiger partial charge in [0.15, 0.2) is 0 Å². The van der Waals surface area contributed by atoms with Crippen molar-refractivity contribution in [3.63, 3.8) is 0 Å². The summed E-state index contributed by atoms with van der Waals surface area (Å²) in [6, 6.07) is 0. The molecule has 5 heteroatoms. The normalized spacial score (nSPS) is 9.62. The van der Waals surface area contributed by atoms with Crippen molar-refractivity contribution in [3.05, 3.63) is 6.33 Å². The van der Waals surface area contributed by atoms with Crippen LogP contribution in [0.5, 0.6) is 0 Å². The molecule has 0 aliphatic heterocycles. The first-order valence-electron chi connectivity index (χ1n) is 2.29. The molecule has 0 bridgehead atoms. The van der Waals surface area contributed by atoms with Gasteiger partial charge >= 0.3 is 0 Å². The number of nitrogens with one attached hydrogen (secondary N) is 1. The minimum atomic E-state index is 0.660.